The molecule has 4 heteroatoms. The Morgan fingerprint density at radius 3 is 3.06 bits per heavy atom. The van der Waals surface area contributed by atoms with E-state index in [2.05, 4.69) is 18.4 Å². The quantitative estimate of drug-likeness (QED) is 0.424. The Balaban J connectivity index is 2.23. The van der Waals surface area contributed by atoms with E-state index in [9.17, 15) is 4.79 Å². The maximum absolute atomic E-state index is 10.7. The SMILES string of the molecule is C=CC(C#CCOC1CCCCO1)OC(C)=O. The predicted octanol–water partition coefficient (Wildman–Crippen LogP) is 1.65. The molecule has 17 heavy (non-hydrogen) atoms. The lowest BCUT2D eigenvalue weighted by molar-refractivity contribution is -0.154. The van der Waals surface area contributed by atoms with Gasteiger partial charge in [-0.15, -0.1) is 0 Å². The van der Waals surface area contributed by atoms with Gasteiger partial charge in [-0.1, -0.05) is 18.4 Å². The van der Waals surface area contributed by atoms with E-state index in [0.717, 1.165) is 25.9 Å². The molecule has 0 aromatic heterocycles. The Bertz CT molecular complexity index is 307. The first kappa shape index (κ1) is 13.8. The lowest BCUT2D eigenvalue weighted by atomic mass is 10.2. The van der Waals surface area contributed by atoms with Gasteiger partial charge in [0.2, 0.25) is 0 Å². The van der Waals surface area contributed by atoms with Crippen molar-refractivity contribution in [3.8, 4) is 11.8 Å². The summed E-state index contributed by atoms with van der Waals surface area (Å²) >= 11 is 0. The number of ether oxygens (including phenoxy) is 3. The summed E-state index contributed by atoms with van der Waals surface area (Å²) in [6, 6.07) is 0. The number of carbonyl (C=O) groups is 1. The highest BCUT2D eigenvalue weighted by atomic mass is 16.7. The molecule has 2 unspecified atom stereocenters. The zero-order chi connectivity index (χ0) is 12.5. The summed E-state index contributed by atoms with van der Waals surface area (Å²) in [5.74, 6) is 5.16. The van der Waals surface area contributed by atoms with E-state index in [1.54, 1.807) is 0 Å². The van der Waals surface area contributed by atoms with E-state index in [1.165, 1.54) is 13.0 Å². The first-order valence-electron chi connectivity index (χ1n) is 5.73. The van der Waals surface area contributed by atoms with Gasteiger partial charge in [-0.3, -0.25) is 4.79 Å². The molecule has 0 amide bonds. The van der Waals surface area contributed by atoms with Crippen LogP contribution >= 0.6 is 0 Å². The molecule has 1 fully saturated rings. The minimum atomic E-state index is -0.566. The first-order valence-corrected chi connectivity index (χ1v) is 5.73. The Hall–Kier alpha value is -1.31. The van der Waals surface area contributed by atoms with Crippen LogP contribution in [0.25, 0.3) is 0 Å². The van der Waals surface area contributed by atoms with Crippen molar-refractivity contribution >= 4 is 5.97 Å². The molecule has 0 bridgehead atoms. The molecule has 0 aromatic rings. The molecule has 0 aliphatic carbocycles. The van der Waals surface area contributed by atoms with Crippen molar-refractivity contribution < 1.29 is 19.0 Å². The van der Waals surface area contributed by atoms with Gasteiger partial charge in [0.15, 0.2) is 12.4 Å². The molecule has 4 nitrogen and oxygen atoms in total. The third-order valence-corrected chi connectivity index (χ3v) is 2.23. The van der Waals surface area contributed by atoms with Crippen molar-refractivity contribution in [2.45, 2.75) is 38.6 Å². The number of hydrogen-bond acceptors (Lipinski definition) is 4. The van der Waals surface area contributed by atoms with Crippen molar-refractivity contribution in [2.75, 3.05) is 13.2 Å². The van der Waals surface area contributed by atoms with Crippen LogP contribution in [0.2, 0.25) is 0 Å². The van der Waals surface area contributed by atoms with E-state index >= 15 is 0 Å². The van der Waals surface area contributed by atoms with Gasteiger partial charge in [-0.2, -0.15) is 0 Å². The maximum Gasteiger partial charge on any atom is 0.304 e. The number of rotatable bonds is 4. The molecule has 0 N–H and O–H groups in total. The largest absolute Gasteiger partial charge is 0.445 e. The third-order valence-electron chi connectivity index (χ3n) is 2.23. The van der Waals surface area contributed by atoms with Crippen LogP contribution in [0.5, 0.6) is 0 Å². The minimum absolute atomic E-state index is 0.144. The number of carbonyl (C=O) groups excluding carboxylic acids is 1. The summed E-state index contributed by atoms with van der Waals surface area (Å²) in [5, 5.41) is 0. The zero-order valence-corrected chi connectivity index (χ0v) is 10.1. The van der Waals surface area contributed by atoms with Crippen molar-refractivity contribution in [1.29, 1.82) is 0 Å². The molecule has 2 atom stereocenters. The Morgan fingerprint density at radius 2 is 2.47 bits per heavy atom. The molecule has 0 aromatic carbocycles. The van der Waals surface area contributed by atoms with Crippen molar-refractivity contribution in [2.24, 2.45) is 0 Å². The van der Waals surface area contributed by atoms with Crippen LogP contribution in [-0.4, -0.2) is 31.6 Å². The van der Waals surface area contributed by atoms with Gasteiger partial charge in [0.05, 0.1) is 0 Å². The summed E-state index contributed by atoms with van der Waals surface area (Å²) < 4.78 is 15.7. The summed E-state index contributed by atoms with van der Waals surface area (Å²) in [6.45, 7) is 5.90. The maximum atomic E-state index is 10.7. The second-order valence-corrected chi connectivity index (χ2v) is 3.69. The van der Waals surface area contributed by atoms with E-state index in [-0.39, 0.29) is 18.9 Å². The molecule has 1 aliphatic heterocycles. The molecular weight excluding hydrogens is 220 g/mol. The average molecular weight is 238 g/mol. The molecule has 94 valence electrons. The Labute approximate surface area is 102 Å². The molecule has 1 saturated heterocycles. The van der Waals surface area contributed by atoms with Gasteiger partial charge in [0.25, 0.3) is 0 Å². The summed E-state index contributed by atoms with van der Waals surface area (Å²) in [5.41, 5.74) is 0. The second-order valence-electron chi connectivity index (χ2n) is 3.69. The van der Waals surface area contributed by atoms with Crippen molar-refractivity contribution in [1.82, 2.24) is 0 Å². The van der Waals surface area contributed by atoms with Gasteiger partial charge in [0.1, 0.15) is 6.61 Å². The normalized spacial score (nSPS) is 20.9. The summed E-state index contributed by atoms with van der Waals surface area (Å²) in [4.78, 5) is 10.7. The monoisotopic (exact) mass is 238 g/mol. The topological polar surface area (TPSA) is 44.8 Å². The summed E-state index contributed by atoms with van der Waals surface area (Å²) in [6.07, 6.45) is 3.90. The van der Waals surface area contributed by atoms with Crippen LogP contribution in [0.4, 0.5) is 0 Å². The Morgan fingerprint density at radius 1 is 1.65 bits per heavy atom. The predicted molar refractivity (Wildman–Crippen MR) is 63.1 cm³/mol. The highest BCUT2D eigenvalue weighted by Gasteiger charge is 2.12. The lowest BCUT2D eigenvalue weighted by Gasteiger charge is -2.21. The zero-order valence-electron chi connectivity index (χ0n) is 10.1. The molecular formula is C13H18O4. The molecule has 1 heterocycles. The summed E-state index contributed by atoms with van der Waals surface area (Å²) in [7, 11) is 0. The minimum Gasteiger partial charge on any atom is -0.445 e. The molecule has 0 radical (unpaired) electrons. The molecule has 0 saturated carbocycles. The van der Waals surface area contributed by atoms with Crippen LogP contribution in [0.3, 0.4) is 0 Å². The van der Waals surface area contributed by atoms with Crippen molar-refractivity contribution in [3.63, 3.8) is 0 Å². The lowest BCUT2D eigenvalue weighted by Crippen LogP contribution is -2.22. The molecule has 0 spiro atoms. The van der Waals surface area contributed by atoms with Gasteiger partial charge in [-0.05, 0) is 25.3 Å². The highest BCUT2D eigenvalue weighted by molar-refractivity contribution is 5.66. The average Bonchev–Trinajstić information content (AvgIpc) is 2.34. The van der Waals surface area contributed by atoms with E-state index in [4.69, 9.17) is 14.2 Å². The van der Waals surface area contributed by atoms with E-state index < -0.39 is 6.10 Å². The van der Waals surface area contributed by atoms with Crippen LogP contribution in [-0.2, 0) is 19.0 Å². The number of hydrogen-bond donors (Lipinski definition) is 0. The fourth-order valence-electron chi connectivity index (χ4n) is 1.43. The Kier molecular flexibility index (Phi) is 6.38. The molecule has 1 rings (SSSR count). The van der Waals surface area contributed by atoms with Crippen LogP contribution < -0.4 is 0 Å². The smallest absolute Gasteiger partial charge is 0.304 e. The van der Waals surface area contributed by atoms with E-state index in [1.807, 2.05) is 0 Å². The second kappa shape index (κ2) is 7.88. The van der Waals surface area contributed by atoms with Crippen LogP contribution in [0.15, 0.2) is 12.7 Å². The first-order chi connectivity index (χ1) is 8.22. The van der Waals surface area contributed by atoms with Crippen LogP contribution in [0, 0.1) is 11.8 Å². The van der Waals surface area contributed by atoms with Crippen LogP contribution in [0.1, 0.15) is 26.2 Å². The van der Waals surface area contributed by atoms with E-state index in [0.29, 0.717) is 0 Å². The fraction of sp³-hybridized carbons (Fsp3) is 0.615. The fourth-order valence-corrected chi connectivity index (χ4v) is 1.43. The van der Waals surface area contributed by atoms with Gasteiger partial charge >= 0.3 is 5.97 Å². The van der Waals surface area contributed by atoms with Gasteiger partial charge < -0.3 is 14.2 Å². The third kappa shape index (κ3) is 6.10. The van der Waals surface area contributed by atoms with Crippen molar-refractivity contribution in [3.05, 3.63) is 12.7 Å². The standard InChI is InChI=1S/C13H18O4/c1-3-12(17-11(2)14)7-6-10-16-13-8-4-5-9-15-13/h3,12-13H,1,4-5,8-10H2,2H3. The van der Waals surface area contributed by atoms with Gasteiger partial charge in [-0.25, -0.2) is 0 Å². The highest BCUT2D eigenvalue weighted by Crippen LogP contribution is 2.12. The van der Waals surface area contributed by atoms with Gasteiger partial charge in [0, 0.05) is 13.5 Å². The number of esters is 1. The molecule has 1 aliphatic rings.